The number of hydrogen-bond donors (Lipinski definition) is 2. The zero-order valence-electron chi connectivity index (χ0n) is 11.0. The normalized spacial score (nSPS) is 10.1. The van der Waals surface area contributed by atoms with E-state index in [9.17, 15) is 4.79 Å². The standard InChI is InChI=1S/C15H16ClN3O/c16-13-5-3-4-12(10-13)11-15(20)19-9-8-18-14-6-1-2-7-17-14/h1-7,10H,8-9,11H2,(H,17,18)(H,19,20). The molecule has 1 aromatic carbocycles. The quantitative estimate of drug-likeness (QED) is 0.804. The summed E-state index contributed by atoms with van der Waals surface area (Å²) in [5.74, 6) is 0.784. The molecule has 1 aromatic heterocycles. The van der Waals surface area contributed by atoms with E-state index in [0.717, 1.165) is 11.4 Å². The number of halogens is 1. The number of benzene rings is 1. The number of amides is 1. The zero-order chi connectivity index (χ0) is 14.2. The lowest BCUT2D eigenvalue weighted by Crippen LogP contribution is -2.30. The van der Waals surface area contributed by atoms with Gasteiger partial charge in [0.15, 0.2) is 0 Å². The summed E-state index contributed by atoms with van der Waals surface area (Å²) in [4.78, 5) is 15.9. The smallest absolute Gasteiger partial charge is 0.224 e. The lowest BCUT2D eigenvalue weighted by atomic mass is 10.1. The van der Waals surface area contributed by atoms with Gasteiger partial charge in [0.25, 0.3) is 0 Å². The van der Waals surface area contributed by atoms with E-state index in [1.54, 1.807) is 18.3 Å². The van der Waals surface area contributed by atoms with Gasteiger partial charge in [-0.15, -0.1) is 0 Å². The Morgan fingerprint density at radius 2 is 2.05 bits per heavy atom. The Morgan fingerprint density at radius 3 is 2.80 bits per heavy atom. The largest absolute Gasteiger partial charge is 0.368 e. The Morgan fingerprint density at radius 1 is 1.15 bits per heavy atom. The van der Waals surface area contributed by atoms with Crippen LogP contribution in [-0.4, -0.2) is 24.0 Å². The lowest BCUT2D eigenvalue weighted by molar-refractivity contribution is -0.120. The summed E-state index contributed by atoms with van der Waals surface area (Å²) in [5.41, 5.74) is 0.910. The maximum Gasteiger partial charge on any atom is 0.224 e. The average Bonchev–Trinajstić information content (AvgIpc) is 2.45. The van der Waals surface area contributed by atoms with Crippen LogP contribution in [0.4, 0.5) is 5.82 Å². The predicted octanol–water partition coefficient (Wildman–Crippen LogP) is 2.51. The molecule has 0 unspecified atom stereocenters. The summed E-state index contributed by atoms with van der Waals surface area (Å²) in [7, 11) is 0. The minimum absolute atomic E-state index is 0.0184. The number of rotatable bonds is 6. The third-order valence-electron chi connectivity index (χ3n) is 2.67. The Labute approximate surface area is 123 Å². The van der Waals surface area contributed by atoms with Crippen molar-refractivity contribution in [1.29, 1.82) is 0 Å². The van der Waals surface area contributed by atoms with E-state index in [-0.39, 0.29) is 5.91 Å². The molecule has 0 atom stereocenters. The van der Waals surface area contributed by atoms with Crippen molar-refractivity contribution in [3.8, 4) is 0 Å². The van der Waals surface area contributed by atoms with E-state index in [0.29, 0.717) is 24.5 Å². The maximum atomic E-state index is 11.7. The van der Waals surface area contributed by atoms with Crippen LogP contribution in [0.15, 0.2) is 48.7 Å². The highest BCUT2D eigenvalue weighted by Crippen LogP contribution is 2.10. The minimum atomic E-state index is -0.0184. The highest BCUT2D eigenvalue weighted by Gasteiger charge is 2.03. The van der Waals surface area contributed by atoms with Crippen LogP contribution in [0, 0.1) is 0 Å². The van der Waals surface area contributed by atoms with Gasteiger partial charge in [-0.25, -0.2) is 4.98 Å². The van der Waals surface area contributed by atoms with Crippen molar-refractivity contribution in [3.63, 3.8) is 0 Å². The number of carbonyl (C=O) groups is 1. The molecule has 4 nitrogen and oxygen atoms in total. The summed E-state index contributed by atoms with van der Waals surface area (Å²) in [6.07, 6.45) is 2.06. The summed E-state index contributed by atoms with van der Waals surface area (Å²) in [6, 6.07) is 13.0. The fourth-order valence-corrected chi connectivity index (χ4v) is 1.97. The van der Waals surface area contributed by atoms with E-state index in [1.165, 1.54) is 0 Å². The van der Waals surface area contributed by atoms with Crippen molar-refractivity contribution in [2.45, 2.75) is 6.42 Å². The Balaban J connectivity index is 1.68. The van der Waals surface area contributed by atoms with Crippen molar-refractivity contribution in [3.05, 3.63) is 59.2 Å². The van der Waals surface area contributed by atoms with E-state index >= 15 is 0 Å². The van der Waals surface area contributed by atoms with Gasteiger partial charge in [-0.1, -0.05) is 29.8 Å². The maximum absolute atomic E-state index is 11.7. The van der Waals surface area contributed by atoms with Crippen molar-refractivity contribution < 1.29 is 4.79 Å². The summed E-state index contributed by atoms with van der Waals surface area (Å²) < 4.78 is 0. The van der Waals surface area contributed by atoms with Crippen molar-refractivity contribution >= 4 is 23.3 Å². The highest BCUT2D eigenvalue weighted by molar-refractivity contribution is 6.30. The number of nitrogens with zero attached hydrogens (tertiary/aromatic N) is 1. The molecule has 2 aromatic rings. The molecule has 0 bridgehead atoms. The first-order valence-electron chi connectivity index (χ1n) is 6.40. The van der Waals surface area contributed by atoms with Crippen LogP contribution < -0.4 is 10.6 Å². The fraction of sp³-hybridized carbons (Fsp3) is 0.200. The molecule has 2 rings (SSSR count). The molecule has 2 N–H and O–H groups in total. The Kier molecular flexibility index (Phi) is 5.38. The first-order chi connectivity index (χ1) is 9.74. The average molecular weight is 290 g/mol. The second-order valence-electron chi connectivity index (χ2n) is 4.30. The van der Waals surface area contributed by atoms with Crippen molar-refractivity contribution in [2.75, 3.05) is 18.4 Å². The molecule has 5 heteroatoms. The molecule has 0 spiro atoms. The minimum Gasteiger partial charge on any atom is -0.368 e. The van der Waals surface area contributed by atoms with Crippen LogP contribution in [0.5, 0.6) is 0 Å². The Hall–Kier alpha value is -2.07. The van der Waals surface area contributed by atoms with Gasteiger partial charge in [-0.2, -0.15) is 0 Å². The number of carbonyl (C=O) groups excluding carboxylic acids is 1. The fourth-order valence-electron chi connectivity index (χ4n) is 1.75. The summed E-state index contributed by atoms with van der Waals surface area (Å²) in [5, 5.41) is 6.62. The monoisotopic (exact) mass is 289 g/mol. The van der Waals surface area contributed by atoms with Crippen LogP contribution in [-0.2, 0) is 11.2 Å². The molecule has 104 valence electrons. The molecule has 0 saturated heterocycles. The van der Waals surface area contributed by atoms with Crippen molar-refractivity contribution in [1.82, 2.24) is 10.3 Å². The molecule has 0 radical (unpaired) electrons. The third-order valence-corrected chi connectivity index (χ3v) is 2.91. The number of hydrogen-bond acceptors (Lipinski definition) is 3. The van der Waals surface area contributed by atoms with E-state index in [1.807, 2.05) is 30.3 Å². The second kappa shape index (κ2) is 7.50. The highest BCUT2D eigenvalue weighted by atomic mass is 35.5. The molecule has 0 saturated carbocycles. The number of anilines is 1. The van der Waals surface area contributed by atoms with Crippen molar-refractivity contribution in [2.24, 2.45) is 0 Å². The molecule has 0 aliphatic heterocycles. The van der Waals surface area contributed by atoms with Gasteiger partial charge in [0.1, 0.15) is 5.82 Å². The van der Waals surface area contributed by atoms with E-state index < -0.39 is 0 Å². The summed E-state index contributed by atoms with van der Waals surface area (Å²) >= 11 is 5.87. The molecule has 1 heterocycles. The number of pyridine rings is 1. The van der Waals surface area contributed by atoms with Gasteiger partial charge in [-0.3, -0.25) is 4.79 Å². The topological polar surface area (TPSA) is 54.0 Å². The molecule has 0 fully saturated rings. The van der Waals surface area contributed by atoms with Gasteiger partial charge in [-0.05, 0) is 29.8 Å². The SMILES string of the molecule is O=C(Cc1cccc(Cl)c1)NCCNc1ccccn1. The molecule has 20 heavy (non-hydrogen) atoms. The predicted molar refractivity (Wildman–Crippen MR) is 80.9 cm³/mol. The molecular weight excluding hydrogens is 274 g/mol. The first-order valence-corrected chi connectivity index (χ1v) is 6.78. The molecule has 1 amide bonds. The third kappa shape index (κ3) is 4.90. The molecular formula is C15H16ClN3O. The van der Waals surface area contributed by atoms with E-state index in [2.05, 4.69) is 15.6 Å². The molecule has 0 aliphatic carbocycles. The van der Waals surface area contributed by atoms with E-state index in [4.69, 9.17) is 11.6 Å². The first kappa shape index (κ1) is 14.3. The van der Waals surface area contributed by atoms with Gasteiger partial charge < -0.3 is 10.6 Å². The van der Waals surface area contributed by atoms with Crippen LogP contribution in [0.25, 0.3) is 0 Å². The zero-order valence-corrected chi connectivity index (χ0v) is 11.7. The van der Waals surface area contributed by atoms with Gasteiger partial charge in [0.2, 0.25) is 5.91 Å². The van der Waals surface area contributed by atoms with Crippen LogP contribution in [0.1, 0.15) is 5.56 Å². The summed E-state index contributed by atoms with van der Waals surface area (Å²) in [6.45, 7) is 1.19. The lowest BCUT2D eigenvalue weighted by Gasteiger charge is -2.07. The van der Waals surface area contributed by atoms with Crippen LogP contribution >= 0.6 is 11.6 Å². The van der Waals surface area contributed by atoms with Gasteiger partial charge in [0.05, 0.1) is 6.42 Å². The number of aromatic nitrogens is 1. The van der Waals surface area contributed by atoms with Gasteiger partial charge >= 0.3 is 0 Å². The second-order valence-corrected chi connectivity index (χ2v) is 4.73. The number of nitrogens with one attached hydrogen (secondary N) is 2. The van der Waals surface area contributed by atoms with Gasteiger partial charge in [0, 0.05) is 24.3 Å². The van der Waals surface area contributed by atoms with Crippen LogP contribution in [0.2, 0.25) is 5.02 Å². The van der Waals surface area contributed by atoms with Crippen LogP contribution in [0.3, 0.4) is 0 Å². The Bertz CT molecular complexity index is 560. The molecule has 0 aliphatic rings.